The van der Waals surface area contributed by atoms with E-state index in [0.717, 1.165) is 99.3 Å². The van der Waals surface area contributed by atoms with Crippen LogP contribution in [0.5, 0.6) is 0 Å². The first-order chi connectivity index (χ1) is 29.6. The summed E-state index contributed by atoms with van der Waals surface area (Å²) >= 11 is 13.4. The maximum Gasteiger partial charge on any atom is 0.229 e. The van der Waals surface area contributed by atoms with Gasteiger partial charge in [-0.3, -0.25) is 9.59 Å². The van der Waals surface area contributed by atoms with E-state index in [9.17, 15) is 9.59 Å². The number of nitrogens with zero attached hydrogens (tertiary/aromatic N) is 2. The molecule has 12 nitrogen and oxygen atoms in total. The molecule has 3 aliphatic heterocycles. The number of hydrogen-bond acceptors (Lipinski definition) is 10. The molecule has 7 N–H and O–H groups in total. The zero-order valence-electron chi connectivity index (χ0n) is 35.1. The number of benzene rings is 1. The lowest BCUT2D eigenvalue weighted by atomic mass is 9.80. The molecule has 0 bridgehead atoms. The molecule has 2 aliphatic carbocycles. The standard InChI is InChI=1S/C47H60Cl2N8O4/c1-28-12-33(16-37(13-28)53-21-29-7-10-60-11-8-29)39-20-45(55-25-42(39)49)57-47(59)34-17-40(43(50)18-34)35-14-30(26-61-27-35)22-52-36-6-2-4-31(15-36)38-19-44(54-24-41(38)48)56-46(58)32-5-3-9-51-23-32/h2,4,6,12,15-16,19-20,24-25,28-30,32,34-35,40,43,51-53H,3,5,7-11,13-14,17-18,21-23,26-27,50H2,1H3,(H,54,56,58)(H,55,57,59)/t28?,30?,32-,34+,35?,40?,43-/m0/s1. The van der Waals surface area contributed by atoms with Gasteiger partial charge in [-0.15, -0.1) is 0 Å². The van der Waals surface area contributed by atoms with Gasteiger partial charge in [0.1, 0.15) is 11.6 Å². The number of piperidine rings is 1. The molecule has 4 fully saturated rings. The Balaban J connectivity index is 0.841. The van der Waals surface area contributed by atoms with Crippen molar-refractivity contribution >= 4 is 57.9 Å². The molecule has 0 radical (unpaired) electrons. The Labute approximate surface area is 369 Å². The lowest BCUT2D eigenvalue weighted by molar-refractivity contribution is -0.120. The summed E-state index contributed by atoms with van der Waals surface area (Å²) in [5.41, 5.74) is 12.6. The number of halogens is 2. The van der Waals surface area contributed by atoms with Crippen LogP contribution in [0.15, 0.2) is 66.6 Å². The van der Waals surface area contributed by atoms with Crippen molar-refractivity contribution in [2.75, 3.05) is 68.6 Å². The fraction of sp³-hybridized carbons (Fsp3) is 0.532. The van der Waals surface area contributed by atoms with Gasteiger partial charge in [0.25, 0.3) is 0 Å². The number of nitrogens with two attached hydrogens (primary N) is 1. The Morgan fingerprint density at radius 1 is 0.852 bits per heavy atom. The predicted octanol–water partition coefficient (Wildman–Crippen LogP) is 7.77. The van der Waals surface area contributed by atoms with Crippen LogP contribution in [0.3, 0.4) is 0 Å². The van der Waals surface area contributed by atoms with Gasteiger partial charge in [0.05, 0.1) is 22.6 Å². The van der Waals surface area contributed by atoms with Gasteiger partial charge in [-0.1, -0.05) is 48.3 Å². The van der Waals surface area contributed by atoms with Crippen LogP contribution in [0.2, 0.25) is 10.0 Å². The average Bonchev–Trinajstić information content (AvgIpc) is 3.68. The van der Waals surface area contributed by atoms with Gasteiger partial charge in [-0.2, -0.15) is 0 Å². The molecular weight excluding hydrogens is 811 g/mol. The van der Waals surface area contributed by atoms with E-state index >= 15 is 0 Å². The summed E-state index contributed by atoms with van der Waals surface area (Å²) in [7, 11) is 0. The Morgan fingerprint density at radius 3 is 2.36 bits per heavy atom. The van der Waals surface area contributed by atoms with Crippen LogP contribution >= 0.6 is 23.2 Å². The van der Waals surface area contributed by atoms with E-state index in [1.165, 1.54) is 5.70 Å². The molecule has 0 spiro atoms. The molecule has 61 heavy (non-hydrogen) atoms. The second kappa shape index (κ2) is 20.4. The van der Waals surface area contributed by atoms with E-state index in [1.807, 2.05) is 30.3 Å². The molecule has 1 saturated carbocycles. The van der Waals surface area contributed by atoms with Crippen molar-refractivity contribution < 1.29 is 19.1 Å². The van der Waals surface area contributed by atoms with Crippen LogP contribution in [0.4, 0.5) is 17.3 Å². The molecule has 14 heteroatoms. The number of allylic oxidation sites excluding steroid dienone is 4. The van der Waals surface area contributed by atoms with Crippen molar-refractivity contribution in [1.82, 2.24) is 20.6 Å². The molecular formula is C47H60Cl2N8O4. The quantitative estimate of drug-likeness (QED) is 0.100. The number of anilines is 3. The van der Waals surface area contributed by atoms with Gasteiger partial charge < -0.3 is 41.8 Å². The van der Waals surface area contributed by atoms with Crippen molar-refractivity contribution in [1.29, 1.82) is 0 Å². The molecule has 8 rings (SSSR count). The number of hydrogen-bond donors (Lipinski definition) is 6. The summed E-state index contributed by atoms with van der Waals surface area (Å²) in [6.07, 6.45) is 14.9. The smallest absolute Gasteiger partial charge is 0.229 e. The summed E-state index contributed by atoms with van der Waals surface area (Å²) in [6.45, 7) is 8.48. The average molecular weight is 872 g/mol. The minimum atomic E-state index is -0.213. The zero-order chi connectivity index (χ0) is 42.3. The van der Waals surface area contributed by atoms with Crippen LogP contribution in [0, 0.1) is 41.4 Å². The molecule has 7 atom stereocenters. The lowest BCUT2D eigenvalue weighted by Gasteiger charge is -2.35. The van der Waals surface area contributed by atoms with E-state index in [-0.39, 0.29) is 47.4 Å². The molecule has 2 aromatic heterocycles. The Kier molecular flexibility index (Phi) is 14.6. The number of carbonyl (C=O) groups excluding carboxylic acids is 2. The summed E-state index contributed by atoms with van der Waals surface area (Å²) in [5, 5.41) is 17.8. The summed E-state index contributed by atoms with van der Waals surface area (Å²) < 4.78 is 11.7. The number of carbonyl (C=O) groups is 2. The molecule has 4 unspecified atom stereocenters. The highest BCUT2D eigenvalue weighted by Crippen LogP contribution is 2.41. The molecule has 1 aromatic carbocycles. The third-order valence-electron chi connectivity index (χ3n) is 13.2. The van der Waals surface area contributed by atoms with Crippen LogP contribution in [0.1, 0.15) is 63.9 Å². The van der Waals surface area contributed by atoms with Crippen LogP contribution in [-0.2, 0) is 19.1 Å². The summed E-state index contributed by atoms with van der Waals surface area (Å²) in [5.74, 6) is 2.30. The van der Waals surface area contributed by atoms with E-state index in [2.05, 4.69) is 61.7 Å². The van der Waals surface area contributed by atoms with Gasteiger partial charge in [0.2, 0.25) is 11.8 Å². The van der Waals surface area contributed by atoms with Gasteiger partial charge in [-0.25, -0.2) is 9.97 Å². The first-order valence-electron chi connectivity index (χ1n) is 22.2. The minimum absolute atomic E-state index is 0.0261. The van der Waals surface area contributed by atoms with Crippen LogP contribution < -0.4 is 32.3 Å². The first kappa shape index (κ1) is 43.6. The van der Waals surface area contributed by atoms with Crippen LogP contribution in [-0.4, -0.2) is 80.4 Å². The maximum atomic E-state index is 13.7. The van der Waals surface area contributed by atoms with Gasteiger partial charge >= 0.3 is 0 Å². The third-order valence-corrected chi connectivity index (χ3v) is 13.8. The highest BCUT2D eigenvalue weighted by molar-refractivity contribution is 6.33. The second-order valence-electron chi connectivity index (χ2n) is 17.9. The number of pyridine rings is 2. The Bertz CT molecular complexity index is 2090. The molecule has 2 amide bonds. The van der Waals surface area contributed by atoms with Crippen molar-refractivity contribution in [2.45, 2.75) is 64.3 Å². The molecule has 326 valence electrons. The topological polar surface area (TPSA) is 165 Å². The largest absolute Gasteiger partial charge is 0.388 e. The molecule has 3 aromatic rings. The second-order valence-corrected chi connectivity index (χ2v) is 18.7. The lowest BCUT2D eigenvalue weighted by Crippen LogP contribution is -2.38. The number of aromatic nitrogens is 2. The van der Waals surface area contributed by atoms with Crippen molar-refractivity contribution in [2.24, 2.45) is 47.2 Å². The van der Waals surface area contributed by atoms with E-state index in [1.54, 1.807) is 12.4 Å². The van der Waals surface area contributed by atoms with Crippen molar-refractivity contribution in [3.63, 3.8) is 0 Å². The predicted molar refractivity (Wildman–Crippen MR) is 243 cm³/mol. The van der Waals surface area contributed by atoms with Crippen molar-refractivity contribution in [3.8, 4) is 11.1 Å². The Morgan fingerprint density at radius 2 is 1.59 bits per heavy atom. The van der Waals surface area contributed by atoms with Gasteiger partial charge in [0, 0.05) is 86.3 Å². The van der Waals surface area contributed by atoms with E-state index in [0.29, 0.717) is 66.1 Å². The molecule has 5 aliphatic rings. The maximum absolute atomic E-state index is 13.7. The number of ether oxygens (including phenoxy) is 2. The normalized spacial score (nSPS) is 27.1. The number of amides is 2. The number of nitrogens with one attached hydrogen (secondary N) is 5. The number of rotatable bonds is 13. The van der Waals surface area contributed by atoms with Crippen molar-refractivity contribution in [3.05, 3.63) is 82.2 Å². The minimum Gasteiger partial charge on any atom is -0.388 e. The molecule has 5 heterocycles. The monoisotopic (exact) mass is 870 g/mol. The molecule has 3 saturated heterocycles. The SMILES string of the molecule is CC1C=C(c2cc(NC(=O)[C@@H]3CC(C4COCC(CNc5cccc(-c6cc(NC(=O)[C@H]7CCCNC7)ncc6Cl)c5)C4)[C@@H](N)C3)ncc2Cl)C=C(NCC2CCOCC2)C1. The first-order valence-corrected chi connectivity index (χ1v) is 23.0. The van der Waals surface area contributed by atoms with Crippen LogP contribution in [0.25, 0.3) is 16.7 Å². The summed E-state index contributed by atoms with van der Waals surface area (Å²) in [6, 6.07) is 11.8. The zero-order valence-corrected chi connectivity index (χ0v) is 36.6. The fourth-order valence-corrected chi connectivity index (χ4v) is 10.2. The fourth-order valence-electron chi connectivity index (χ4n) is 9.82. The highest BCUT2D eigenvalue weighted by Gasteiger charge is 2.42. The van der Waals surface area contributed by atoms with E-state index < -0.39 is 0 Å². The van der Waals surface area contributed by atoms with Gasteiger partial charge in [0.15, 0.2) is 0 Å². The van der Waals surface area contributed by atoms with E-state index in [4.69, 9.17) is 38.4 Å². The third kappa shape index (κ3) is 11.3. The Hall–Kier alpha value is -4.04. The van der Waals surface area contributed by atoms with Gasteiger partial charge in [-0.05, 0) is 129 Å². The highest BCUT2D eigenvalue weighted by atomic mass is 35.5. The summed E-state index contributed by atoms with van der Waals surface area (Å²) in [4.78, 5) is 35.5.